The van der Waals surface area contributed by atoms with Gasteiger partial charge in [0.15, 0.2) is 5.78 Å². The number of allylic oxidation sites excluding steroid dienone is 2. The van der Waals surface area contributed by atoms with Crippen LogP contribution in [0, 0.1) is 17.9 Å². The summed E-state index contributed by atoms with van der Waals surface area (Å²) in [6.45, 7) is 34.9. The van der Waals surface area contributed by atoms with Gasteiger partial charge < -0.3 is 9.51 Å². The van der Waals surface area contributed by atoms with Gasteiger partial charge in [0.2, 0.25) is 0 Å². The summed E-state index contributed by atoms with van der Waals surface area (Å²) < 4.78 is 2.55. The van der Waals surface area contributed by atoms with Crippen LogP contribution in [-0.2, 0) is 52.0 Å². The number of aliphatic hydroxyl groups is 1. The normalized spacial score (nSPS) is 17.0. The summed E-state index contributed by atoms with van der Waals surface area (Å²) in [5.74, 6) is 0.547. The van der Waals surface area contributed by atoms with Crippen LogP contribution >= 0.6 is 0 Å². The first kappa shape index (κ1) is 50.6. The zero-order valence-electron chi connectivity index (χ0n) is 44.1. The third kappa shape index (κ3) is 8.16. The molecular weight excluding hydrogens is 1020 g/mol. The first-order chi connectivity index (χ1) is 32.0. The Hall–Kier alpha value is -4.83. The van der Waals surface area contributed by atoms with Crippen molar-refractivity contribution in [3.63, 3.8) is 0 Å². The van der Waals surface area contributed by atoms with Gasteiger partial charge in [-0.15, -0.1) is 29.1 Å². The summed E-state index contributed by atoms with van der Waals surface area (Å²) in [5.41, 5.74) is 16.5. The van der Waals surface area contributed by atoms with Gasteiger partial charge in [-0.25, -0.2) is 0 Å². The van der Waals surface area contributed by atoms with Crippen LogP contribution in [0.4, 0.5) is 0 Å². The minimum absolute atomic E-state index is 0. The second-order valence-electron chi connectivity index (χ2n) is 24.2. The Morgan fingerprint density at radius 3 is 1.83 bits per heavy atom. The number of carbonyl (C=O) groups excluding carboxylic acids is 1. The van der Waals surface area contributed by atoms with Gasteiger partial charge in [-0.05, 0) is 111 Å². The molecule has 5 heteroatoms. The number of pyridine rings is 1. The quantitative estimate of drug-likeness (QED) is 0.0890. The second kappa shape index (κ2) is 17.8. The van der Waals surface area contributed by atoms with Gasteiger partial charge >= 0.3 is 0 Å². The number of carbonyl (C=O) groups is 1. The number of benzene rings is 5. The summed E-state index contributed by atoms with van der Waals surface area (Å²) in [6.07, 6.45) is 9.21. The van der Waals surface area contributed by atoms with Gasteiger partial charge in [-0.1, -0.05) is 169 Å². The molecule has 2 aliphatic carbocycles. The Morgan fingerprint density at radius 2 is 1.25 bits per heavy atom. The first-order valence-corrected chi connectivity index (χ1v) is 25.7. The number of hydrogen-bond donors (Lipinski definition) is 1. The Balaban J connectivity index is 0.000000349. The molecule has 0 spiro atoms. The number of aromatic nitrogens is 2. The molecule has 3 aromatic heterocycles. The summed E-state index contributed by atoms with van der Waals surface area (Å²) in [6, 6.07) is 33.8. The average molecular weight is 1100 g/mol. The van der Waals surface area contributed by atoms with Gasteiger partial charge in [0.05, 0.1) is 16.8 Å². The molecule has 1 radical (unpaired) electrons. The third-order valence-corrected chi connectivity index (χ3v) is 16.4. The van der Waals surface area contributed by atoms with E-state index >= 15 is 0 Å². The number of rotatable bonds is 9. The molecule has 0 bridgehead atoms. The molecule has 0 aliphatic heterocycles. The molecular formula is C64H75IrN2O2-. The largest absolute Gasteiger partial charge is 0.512 e. The van der Waals surface area contributed by atoms with Gasteiger partial charge in [0, 0.05) is 77.0 Å². The zero-order chi connectivity index (χ0) is 49.0. The molecule has 8 aromatic rings. The fourth-order valence-corrected chi connectivity index (χ4v) is 13.6. The van der Waals surface area contributed by atoms with E-state index in [1.807, 2.05) is 33.9 Å². The molecule has 10 rings (SSSR count). The molecule has 2 aliphatic rings. The Kier molecular flexibility index (Phi) is 13.0. The Bertz CT molecular complexity index is 3250. The van der Waals surface area contributed by atoms with Gasteiger partial charge in [0.1, 0.15) is 0 Å². The molecule has 1 N–H and O–H groups in total. The summed E-state index contributed by atoms with van der Waals surface area (Å²) >= 11 is 0. The van der Waals surface area contributed by atoms with Crippen molar-refractivity contribution in [1.29, 1.82) is 0 Å². The molecule has 0 atom stereocenters. The standard InChI is InChI=1S/C51H51N2.C13H24O2.Ir/c1-47(2,3)36-25-30(24-29-16-12-13-17-31(29)36)44-46-33(22-23-52-44)32-20-21-35(40-34-18-14-15-19-39(34)53(46)45(32)40)41-42-37(48(4,5)27-50(42,8)9)26-38-43(41)51(10,11)28-49(38,6)7;1-5-10(6-2)12(14)9-13(15)11(7-3)8-4;/h12-23,25-26H,27-28H2,1-11H3;9-11,14H,5-8H2,1-4H3;/q-1;;/b;12-9-;. The monoisotopic (exact) mass is 1100 g/mol. The van der Waals surface area contributed by atoms with E-state index in [4.69, 9.17) is 4.98 Å². The number of fused-ring (bicyclic) bond motifs is 9. The summed E-state index contributed by atoms with van der Waals surface area (Å²) in [7, 11) is 0. The molecule has 69 heavy (non-hydrogen) atoms. The molecule has 0 saturated heterocycles. The summed E-state index contributed by atoms with van der Waals surface area (Å²) in [5, 5.41) is 17.4. The molecule has 4 nitrogen and oxygen atoms in total. The van der Waals surface area contributed by atoms with E-state index in [1.165, 1.54) is 66.2 Å². The predicted molar refractivity (Wildman–Crippen MR) is 290 cm³/mol. The average Bonchev–Trinajstić information content (AvgIpc) is 3.92. The zero-order valence-corrected chi connectivity index (χ0v) is 46.5. The molecule has 0 amide bonds. The Labute approximate surface area is 426 Å². The number of hydrogen-bond acceptors (Lipinski definition) is 3. The van der Waals surface area contributed by atoms with E-state index in [9.17, 15) is 9.90 Å². The van der Waals surface area contributed by atoms with Crippen LogP contribution in [0.2, 0.25) is 0 Å². The van der Waals surface area contributed by atoms with E-state index in [0.717, 1.165) is 55.2 Å². The minimum Gasteiger partial charge on any atom is -0.512 e. The van der Waals surface area contributed by atoms with E-state index in [1.54, 1.807) is 22.3 Å². The van der Waals surface area contributed by atoms with Crippen molar-refractivity contribution in [1.82, 2.24) is 9.38 Å². The second-order valence-corrected chi connectivity index (χ2v) is 24.2. The van der Waals surface area contributed by atoms with Crippen LogP contribution in [0.5, 0.6) is 0 Å². The predicted octanol–water partition coefficient (Wildman–Crippen LogP) is 17.6. The fraction of sp³-hybridized carbons (Fsp3) is 0.438. The van der Waals surface area contributed by atoms with Crippen molar-refractivity contribution < 1.29 is 30.0 Å². The molecule has 363 valence electrons. The van der Waals surface area contributed by atoms with Crippen LogP contribution in [0.3, 0.4) is 0 Å². The van der Waals surface area contributed by atoms with Crippen molar-refractivity contribution >= 4 is 54.7 Å². The number of ketones is 1. The SMILES string of the molecule is CC(C)(C)c1cc(-c2nccc3c4ccc(-c5c6c(cc7c5C(C)(C)CC7(C)C)C(C)(C)CC6(C)C)c5c6ccccc6n(c23)c45)[c-]c2ccccc12.CCC(CC)C(=O)/C=C(\O)C(CC)CC.[Ir]. The van der Waals surface area contributed by atoms with E-state index in [-0.39, 0.29) is 70.6 Å². The molecule has 3 heterocycles. The van der Waals surface area contributed by atoms with Gasteiger partial charge in [-0.3, -0.25) is 9.78 Å². The maximum atomic E-state index is 11.7. The molecule has 0 saturated carbocycles. The molecule has 0 unspecified atom stereocenters. The van der Waals surface area contributed by atoms with Gasteiger partial charge in [-0.2, -0.15) is 0 Å². The van der Waals surface area contributed by atoms with E-state index in [0.29, 0.717) is 0 Å². The van der Waals surface area contributed by atoms with Crippen molar-refractivity contribution in [3.05, 3.63) is 131 Å². The van der Waals surface area contributed by atoms with Crippen LogP contribution < -0.4 is 0 Å². The summed E-state index contributed by atoms with van der Waals surface area (Å²) in [4.78, 5) is 16.9. The van der Waals surface area contributed by atoms with Crippen LogP contribution in [0.25, 0.3) is 71.3 Å². The van der Waals surface area contributed by atoms with Crippen molar-refractivity contribution in [2.45, 2.75) is 169 Å². The maximum Gasteiger partial charge on any atom is 0.162 e. The van der Waals surface area contributed by atoms with Crippen molar-refractivity contribution in [2.24, 2.45) is 11.8 Å². The number of nitrogens with zero attached hydrogens (tertiary/aromatic N) is 2. The van der Waals surface area contributed by atoms with Crippen LogP contribution in [0.15, 0.2) is 96.9 Å². The topological polar surface area (TPSA) is 54.6 Å². The Morgan fingerprint density at radius 1 is 0.696 bits per heavy atom. The molecule has 0 fully saturated rings. The maximum absolute atomic E-state index is 11.7. The number of aliphatic hydroxyl groups excluding tert-OH is 1. The first-order valence-electron chi connectivity index (χ1n) is 25.7. The van der Waals surface area contributed by atoms with Crippen LogP contribution in [0.1, 0.15) is 170 Å². The van der Waals surface area contributed by atoms with Crippen molar-refractivity contribution in [2.75, 3.05) is 0 Å². The van der Waals surface area contributed by atoms with E-state index in [2.05, 4.69) is 165 Å². The minimum atomic E-state index is -0.0342. The smallest absolute Gasteiger partial charge is 0.162 e. The number of para-hydroxylation sites is 1. The molecule has 5 aromatic carbocycles. The van der Waals surface area contributed by atoms with Gasteiger partial charge in [0.25, 0.3) is 0 Å². The van der Waals surface area contributed by atoms with E-state index < -0.39 is 0 Å². The van der Waals surface area contributed by atoms with Crippen LogP contribution in [-0.4, -0.2) is 20.3 Å². The fourth-order valence-electron chi connectivity index (χ4n) is 13.6. The van der Waals surface area contributed by atoms with Crippen molar-refractivity contribution in [3.8, 4) is 22.4 Å². The third-order valence-electron chi connectivity index (χ3n) is 16.4.